The van der Waals surface area contributed by atoms with Crippen molar-refractivity contribution in [3.63, 3.8) is 0 Å². The molecule has 0 aliphatic heterocycles. The zero-order valence-electron chi connectivity index (χ0n) is 11.5. The molecule has 0 radical (unpaired) electrons. The number of benzene rings is 1. The van der Waals surface area contributed by atoms with E-state index >= 15 is 0 Å². The number of ether oxygens (including phenoxy) is 1. The fourth-order valence-electron chi connectivity index (χ4n) is 2.09. The van der Waals surface area contributed by atoms with Crippen LogP contribution in [0.25, 0.3) is 0 Å². The van der Waals surface area contributed by atoms with E-state index in [1.807, 2.05) is 0 Å². The van der Waals surface area contributed by atoms with Gasteiger partial charge in [-0.15, -0.1) is 0 Å². The Bertz CT molecular complexity index is 482. The van der Waals surface area contributed by atoms with Crippen LogP contribution in [0.5, 0.6) is 0 Å². The van der Waals surface area contributed by atoms with Crippen molar-refractivity contribution in [2.45, 2.75) is 31.7 Å². The summed E-state index contributed by atoms with van der Waals surface area (Å²) in [7, 11) is 1.34. The van der Waals surface area contributed by atoms with Gasteiger partial charge in [0, 0.05) is 12.6 Å². The molecule has 1 amide bonds. The quantitative estimate of drug-likeness (QED) is 0.747. The van der Waals surface area contributed by atoms with Crippen LogP contribution < -0.4 is 0 Å². The zero-order chi connectivity index (χ0) is 14.5. The normalized spacial score (nSPS) is 13.9. The Balaban J connectivity index is 1.93. The molecule has 1 aliphatic carbocycles. The Morgan fingerprint density at radius 3 is 2.50 bits per heavy atom. The third-order valence-electron chi connectivity index (χ3n) is 3.36. The van der Waals surface area contributed by atoms with Crippen molar-refractivity contribution in [1.29, 1.82) is 0 Å². The standard InChI is InChI=1S/C15H18FNO3/c1-20-15(19)8-9-17(13-6-7-13)14(18)10-11-2-4-12(16)5-3-11/h2-5,13H,6-10H2,1H3. The highest BCUT2D eigenvalue weighted by Crippen LogP contribution is 2.27. The van der Waals surface area contributed by atoms with Gasteiger partial charge in [0.2, 0.25) is 5.91 Å². The molecule has 0 atom stereocenters. The van der Waals surface area contributed by atoms with Crippen LogP contribution in [-0.2, 0) is 20.7 Å². The van der Waals surface area contributed by atoms with Gasteiger partial charge in [-0.2, -0.15) is 0 Å². The lowest BCUT2D eigenvalue weighted by Crippen LogP contribution is -2.36. The van der Waals surface area contributed by atoms with E-state index < -0.39 is 0 Å². The van der Waals surface area contributed by atoms with Gasteiger partial charge in [-0.05, 0) is 30.5 Å². The Labute approximate surface area is 117 Å². The van der Waals surface area contributed by atoms with Crippen LogP contribution in [0, 0.1) is 5.82 Å². The minimum atomic E-state index is -0.315. The Morgan fingerprint density at radius 2 is 1.95 bits per heavy atom. The maximum absolute atomic E-state index is 12.8. The average Bonchev–Trinajstić information content (AvgIpc) is 3.26. The van der Waals surface area contributed by atoms with Crippen LogP contribution >= 0.6 is 0 Å². The van der Waals surface area contributed by atoms with E-state index in [-0.39, 0.29) is 36.6 Å². The minimum Gasteiger partial charge on any atom is -0.469 e. The van der Waals surface area contributed by atoms with Gasteiger partial charge < -0.3 is 9.64 Å². The number of rotatable bonds is 6. The van der Waals surface area contributed by atoms with Gasteiger partial charge in [-0.25, -0.2) is 4.39 Å². The molecule has 1 aromatic rings. The topological polar surface area (TPSA) is 46.6 Å². The summed E-state index contributed by atoms with van der Waals surface area (Å²) in [4.78, 5) is 25.2. The van der Waals surface area contributed by atoms with Crippen molar-refractivity contribution < 1.29 is 18.7 Å². The number of methoxy groups -OCH3 is 1. The third kappa shape index (κ3) is 4.05. The fourth-order valence-corrected chi connectivity index (χ4v) is 2.09. The van der Waals surface area contributed by atoms with Gasteiger partial charge in [0.15, 0.2) is 0 Å². The molecule has 1 aliphatic rings. The van der Waals surface area contributed by atoms with Gasteiger partial charge in [0.25, 0.3) is 0 Å². The summed E-state index contributed by atoms with van der Waals surface area (Å²) in [5.74, 6) is -0.654. The lowest BCUT2D eigenvalue weighted by atomic mass is 10.1. The summed E-state index contributed by atoms with van der Waals surface area (Å²) >= 11 is 0. The van der Waals surface area contributed by atoms with Crippen molar-refractivity contribution in [2.24, 2.45) is 0 Å². The second-order valence-corrected chi connectivity index (χ2v) is 4.95. The third-order valence-corrected chi connectivity index (χ3v) is 3.36. The van der Waals surface area contributed by atoms with Crippen LogP contribution in [0.2, 0.25) is 0 Å². The molecule has 20 heavy (non-hydrogen) atoms. The molecule has 2 rings (SSSR count). The van der Waals surface area contributed by atoms with Crippen LogP contribution in [-0.4, -0.2) is 36.5 Å². The number of halogens is 1. The summed E-state index contributed by atoms with van der Waals surface area (Å²) in [6, 6.07) is 6.15. The Hall–Kier alpha value is -1.91. The first-order valence-corrected chi connectivity index (χ1v) is 6.71. The highest BCUT2D eigenvalue weighted by molar-refractivity contribution is 5.80. The van der Waals surface area contributed by atoms with E-state index in [2.05, 4.69) is 4.74 Å². The van der Waals surface area contributed by atoms with Crippen LogP contribution in [0.15, 0.2) is 24.3 Å². The molecule has 108 valence electrons. The summed E-state index contributed by atoms with van der Waals surface area (Å²) in [6.45, 7) is 0.386. The van der Waals surface area contributed by atoms with Gasteiger partial charge in [0.05, 0.1) is 20.0 Å². The maximum Gasteiger partial charge on any atom is 0.307 e. The summed E-state index contributed by atoms with van der Waals surface area (Å²) in [5, 5.41) is 0. The molecule has 0 heterocycles. The van der Waals surface area contributed by atoms with Crippen LogP contribution in [0.1, 0.15) is 24.8 Å². The predicted molar refractivity (Wildman–Crippen MR) is 71.5 cm³/mol. The average molecular weight is 279 g/mol. The van der Waals surface area contributed by atoms with E-state index in [1.54, 1.807) is 17.0 Å². The summed E-state index contributed by atoms with van der Waals surface area (Å²) in [5.41, 5.74) is 0.778. The van der Waals surface area contributed by atoms with E-state index in [4.69, 9.17) is 0 Å². The van der Waals surface area contributed by atoms with Crippen molar-refractivity contribution in [3.8, 4) is 0 Å². The molecule has 0 unspecified atom stereocenters. The van der Waals surface area contributed by atoms with E-state index in [0.717, 1.165) is 18.4 Å². The molecule has 1 fully saturated rings. The predicted octanol–water partition coefficient (Wildman–Crippen LogP) is 1.92. The van der Waals surface area contributed by atoms with E-state index in [1.165, 1.54) is 19.2 Å². The fraction of sp³-hybridized carbons (Fsp3) is 0.467. The van der Waals surface area contributed by atoms with Crippen LogP contribution in [0.3, 0.4) is 0 Å². The second-order valence-electron chi connectivity index (χ2n) is 4.95. The molecule has 1 aromatic carbocycles. The molecule has 0 N–H and O–H groups in total. The van der Waals surface area contributed by atoms with Crippen molar-refractivity contribution in [2.75, 3.05) is 13.7 Å². The largest absolute Gasteiger partial charge is 0.469 e. The monoisotopic (exact) mass is 279 g/mol. The zero-order valence-corrected chi connectivity index (χ0v) is 11.5. The van der Waals surface area contributed by atoms with Crippen molar-refractivity contribution in [3.05, 3.63) is 35.6 Å². The van der Waals surface area contributed by atoms with Gasteiger partial charge >= 0.3 is 5.97 Å². The van der Waals surface area contributed by atoms with Gasteiger partial charge in [-0.1, -0.05) is 12.1 Å². The summed E-state index contributed by atoms with van der Waals surface area (Å²) in [6.07, 6.45) is 2.41. The SMILES string of the molecule is COC(=O)CCN(C(=O)Cc1ccc(F)cc1)C1CC1. The smallest absolute Gasteiger partial charge is 0.307 e. The lowest BCUT2D eigenvalue weighted by molar-refractivity contribution is -0.141. The molecule has 0 bridgehead atoms. The van der Waals surface area contributed by atoms with E-state index in [9.17, 15) is 14.0 Å². The maximum atomic E-state index is 12.8. The molecular weight excluding hydrogens is 261 g/mol. The van der Waals surface area contributed by atoms with Gasteiger partial charge in [-0.3, -0.25) is 9.59 Å². The number of esters is 1. The second kappa shape index (κ2) is 6.50. The highest BCUT2D eigenvalue weighted by atomic mass is 19.1. The van der Waals surface area contributed by atoms with Crippen molar-refractivity contribution in [1.82, 2.24) is 4.90 Å². The molecule has 0 spiro atoms. The Kier molecular flexibility index (Phi) is 4.71. The molecule has 0 aromatic heterocycles. The van der Waals surface area contributed by atoms with Crippen LogP contribution in [0.4, 0.5) is 4.39 Å². The molecular formula is C15H18FNO3. The highest BCUT2D eigenvalue weighted by Gasteiger charge is 2.32. The molecule has 0 saturated heterocycles. The summed E-state index contributed by atoms with van der Waals surface area (Å²) < 4.78 is 17.4. The first-order valence-electron chi connectivity index (χ1n) is 6.71. The molecule has 5 heteroatoms. The lowest BCUT2D eigenvalue weighted by Gasteiger charge is -2.22. The number of hydrogen-bond acceptors (Lipinski definition) is 3. The van der Waals surface area contributed by atoms with E-state index in [0.29, 0.717) is 6.54 Å². The first kappa shape index (κ1) is 14.5. The number of carbonyl (C=O) groups is 2. The molecule has 1 saturated carbocycles. The first-order chi connectivity index (χ1) is 9.60. The minimum absolute atomic E-state index is 0.0250. The number of carbonyl (C=O) groups excluding carboxylic acids is 2. The van der Waals surface area contributed by atoms with Crippen molar-refractivity contribution >= 4 is 11.9 Å². The molecule has 4 nitrogen and oxygen atoms in total. The number of amides is 1. The number of nitrogens with zero attached hydrogens (tertiary/aromatic N) is 1. The Morgan fingerprint density at radius 1 is 1.30 bits per heavy atom. The number of hydrogen-bond donors (Lipinski definition) is 0. The van der Waals surface area contributed by atoms with Gasteiger partial charge in [0.1, 0.15) is 5.82 Å².